The van der Waals surface area contributed by atoms with Gasteiger partial charge in [-0.2, -0.15) is 0 Å². The van der Waals surface area contributed by atoms with Crippen molar-refractivity contribution >= 4 is 45.0 Å². The van der Waals surface area contributed by atoms with Crippen molar-refractivity contribution in [2.24, 2.45) is 11.8 Å². The van der Waals surface area contributed by atoms with E-state index < -0.39 is 33.7 Å². The van der Waals surface area contributed by atoms with E-state index in [-0.39, 0.29) is 53.3 Å². The van der Waals surface area contributed by atoms with Crippen LogP contribution in [0.1, 0.15) is 45.2 Å². The third-order valence-electron chi connectivity index (χ3n) is 7.97. The van der Waals surface area contributed by atoms with E-state index in [0.29, 0.717) is 13.0 Å². The maximum atomic E-state index is 13.8. The molecule has 1 aliphatic heterocycles. The highest BCUT2D eigenvalue weighted by Gasteiger charge is 2.40. The number of carbonyl (C=O) groups excluding carboxylic acids is 3. The van der Waals surface area contributed by atoms with E-state index in [1.807, 2.05) is 44.2 Å². The summed E-state index contributed by atoms with van der Waals surface area (Å²) in [7, 11) is -3.97. The predicted octanol–water partition coefficient (Wildman–Crippen LogP) is 5.58. The average molecular weight is 662 g/mol. The fraction of sp³-hybridized carbons (Fsp3) is 0.382. The Balaban J connectivity index is 1.38. The first-order valence-corrected chi connectivity index (χ1v) is 16.9. The Morgan fingerprint density at radius 1 is 1.00 bits per heavy atom. The molecule has 5 rings (SSSR count). The topological polar surface area (TPSA) is 141 Å². The van der Waals surface area contributed by atoms with Crippen LogP contribution >= 0.6 is 0 Å². The average Bonchev–Trinajstić information content (AvgIpc) is 3.67. The summed E-state index contributed by atoms with van der Waals surface area (Å²) in [5.74, 6) is -0.938. The molecule has 0 bridgehead atoms. The van der Waals surface area contributed by atoms with Crippen LogP contribution in [-0.2, 0) is 30.9 Å². The molecule has 4 aromatic rings. The maximum absolute atomic E-state index is 13.8. The molecule has 0 spiro atoms. The Bertz CT molecular complexity index is 1870. The number of amides is 2. The molecule has 0 saturated carbocycles. The lowest BCUT2D eigenvalue weighted by Crippen LogP contribution is -2.43. The minimum absolute atomic E-state index is 0.0238. The molecule has 0 radical (unpaired) electrons. The summed E-state index contributed by atoms with van der Waals surface area (Å²) < 4.78 is 38.9. The van der Waals surface area contributed by atoms with E-state index in [1.165, 1.54) is 35.5 Å². The molecular formula is C34H39N5O7S. The largest absolute Gasteiger partial charge is 0.445 e. The molecule has 2 atom stereocenters. The van der Waals surface area contributed by atoms with Crippen LogP contribution in [0.15, 0.2) is 78.0 Å². The predicted molar refractivity (Wildman–Crippen MR) is 175 cm³/mol. The fourth-order valence-electron chi connectivity index (χ4n) is 5.46. The van der Waals surface area contributed by atoms with Gasteiger partial charge in [-0.05, 0) is 57.4 Å². The quantitative estimate of drug-likeness (QED) is 0.225. The molecule has 13 heteroatoms. The number of likely N-dealkylation sites (tertiary alicyclic amines) is 1. The number of hydrogen-bond acceptors (Lipinski definition) is 9. The van der Waals surface area contributed by atoms with Gasteiger partial charge in [-0.1, -0.05) is 61.4 Å². The number of ketones is 1. The van der Waals surface area contributed by atoms with E-state index in [4.69, 9.17) is 9.47 Å². The summed E-state index contributed by atoms with van der Waals surface area (Å²) in [6.45, 7) is 9.17. The van der Waals surface area contributed by atoms with Gasteiger partial charge in [0.15, 0.2) is 17.2 Å². The number of rotatable bonds is 9. The minimum Gasteiger partial charge on any atom is -0.445 e. The molecule has 2 aromatic carbocycles. The lowest BCUT2D eigenvalue weighted by molar-refractivity contribution is -0.122. The molecule has 0 unspecified atom stereocenters. The van der Waals surface area contributed by atoms with Gasteiger partial charge >= 0.3 is 12.2 Å². The Hall–Kier alpha value is -4.78. The summed E-state index contributed by atoms with van der Waals surface area (Å²) in [5.41, 5.74) is 1.17. The van der Waals surface area contributed by atoms with Gasteiger partial charge in [0.1, 0.15) is 17.7 Å². The van der Waals surface area contributed by atoms with Crippen molar-refractivity contribution in [1.29, 1.82) is 0 Å². The number of carbonyl (C=O) groups is 3. The van der Waals surface area contributed by atoms with E-state index in [9.17, 15) is 22.8 Å². The van der Waals surface area contributed by atoms with Crippen LogP contribution in [-0.4, -0.2) is 70.5 Å². The van der Waals surface area contributed by atoms with Crippen molar-refractivity contribution in [3.8, 4) is 0 Å². The van der Waals surface area contributed by atoms with Gasteiger partial charge < -0.3 is 14.4 Å². The lowest BCUT2D eigenvalue weighted by Gasteiger charge is -2.27. The van der Waals surface area contributed by atoms with Gasteiger partial charge in [-0.15, -0.1) is 0 Å². The zero-order valence-corrected chi connectivity index (χ0v) is 27.9. The summed E-state index contributed by atoms with van der Waals surface area (Å²) in [4.78, 5) is 51.8. The Morgan fingerprint density at radius 3 is 2.36 bits per heavy atom. The molecule has 0 N–H and O–H groups in total. The molecule has 2 amide bonds. The second-order valence-corrected chi connectivity index (χ2v) is 14.4. The van der Waals surface area contributed by atoms with Crippen molar-refractivity contribution in [3.63, 3.8) is 0 Å². The summed E-state index contributed by atoms with van der Waals surface area (Å²) in [5, 5.41) is 0. The Morgan fingerprint density at radius 2 is 1.70 bits per heavy atom. The van der Waals surface area contributed by atoms with Gasteiger partial charge in [0.05, 0.1) is 17.6 Å². The molecule has 1 aliphatic rings. The number of benzene rings is 2. The number of fused-ring (bicyclic) bond motifs is 1. The minimum atomic E-state index is -3.97. The number of aryl methyl sites for hydroxylation is 1. The monoisotopic (exact) mass is 661 g/mol. The van der Waals surface area contributed by atoms with Crippen LogP contribution in [0.25, 0.3) is 11.2 Å². The van der Waals surface area contributed by atoms with Crippen molar-refractivity contribution < 1.29 is 32.3 Å². The fourth-order valence-corrected chi connectivity index (χ4v) is 6.76. The molecule has 2 aromatic heterocycles. The van der Waals surface area contributed by atoms with Crippen molar-refractivity contribution in [2.75, 3.05) is 24.5 Å². The molecule has 12 nitrogen and oxygen atoms in total. The molecule has 0 aliphatic carbocycles. The van der Waals surface area contributed by atoms with Gasteiger partial charge in [-0.3, -0.25) is 9.69 Å². The molecular weight excluding hydrogens is 622 g/mol. The van der Waals surface area contributed by atoms with Crippen LogP contribution in [0.3, 0.4) is 0 Å². The Kier molecular flexibility index (Phi) is 9.66. The first kappa shape index (κ1) is 33.6. The molecule has 47 heavy (non-hydrogen) atoms. The van der Waals surface area contributed by atoms with Gasteiger partial charge in [0.2, 0.25) is 0 Å². The van der Waals surface area contributed by atoms with Crippen LogP contribution in [0.2, 0.25) is 0 Å². The normalized spacial score (nSPS) is 16.7. The van der Waals surface area contributed by atoms with Gasteiger partial charge in [0.25, 0.3) is 10.0 Å². The molecule has 248 valence electrons. The number of ether oxygens (including phenoxy) is 2. The second kappa shape index (κ2) is 13.5. The van der Waals surface area contributed by atoms with Gasteiger partial charge in [-0.25, -0.2) is 31.9 Å². The number of hydrogen-bond donors (Lipinski definition) is 0. The van der Waals surface area contributed by atoms with Crippen LogP contribution < -0.4 is 4.90 Å². The highest BCUT2D eigenvalue weighted by atomic mass is 32.2. The van der Waals surface area contributed by atoms with Gasteiger partial charge in [0, 0.05) is 25.2 Å². The van der Waals surface area contributed by atoms with Crippen LogP contribution in [0, 0.1) is 18.8 Å². The highest BCUT2D eigenvalue weighted by Crippen LogP contribution is 2.29. The first-order valence-electron chi connectivity index (χ1n) is 15.4. The second-order valence-electron chi connectivity index (χ2n) is 12.6. The zero-order chi connectivity index (χ0) is 33.9. The van der Waals surface area contributed by atoms with E-state index in [0.717, 1.165) is 20.0 Å². The summed E-state index contributed by atoms with van der Waals surface area (Å²) in [6, 6.07) is 17.3. The Labute approximate surface area is 274 Å². The smallest absolute Gasteiger partial charge is 0.416 e. The van der Waals surface area contributed by atoms with Crippen LogP contribution in [0.4, 0.5) is 15.4 Å². The standard InChI is InChI=1S/C34H39N5O7S/c1-6-25-19-37(32(41)45-22-24-10-8-7-9-11-24)20-27(25)29(40)21-38(33(42)46-34(3,4)5)30-18-35-31-28(36-30)16-17-39(31)47(43,44)26-14-12-23(2)13-15-26/h7-18,25,27H,6,19-22H2,1-5H3/t25-,27-/m1/s1. The van der Waals surface area contributed by atoms with E-state index >= 15 is 0 Å². The number of Topliss-reactive ketones (excluding diaryl/α,β-unsaturated/α-hetero) is 1. The van der Waals surface area contributed by atoms with Crippen molar-refractivity contribution in [2.45, 2.75) is 58.1 Å². The maximum Gasteiger partial charge on any atom is 0.416 e. The molecule has 1 saturated heterocycles. The SMILES string of the molecule is CC[C@@H]1CN(C(=O)OCc2ccccc2)C[C@H]1C(=O)CN(C(=O)OC(C)(C)C)c1cnc2c(ccn2S(=O)(=O)c2ccc(C)cc2)n1. The third kappa shape index (κ3) is 7.62. The highest BCUT2D eigenvalue weighted by molar-refractivity contribution is 7.90. The summed E-state index contributed by atoms with van der Waals surface area (Å²) >= 11 is 0. The number of nitrogens with zero attached hydrogens (tertiary/aromatic N) is 5. The number of aromatic nitrogens is 3. The van der Waals surface area contributed by atoms with Crippen molar-refractivity contribution in [3.05, 3.63) is 84.2 Å². The molecule has 3 heterocycles. The van der Waals surface area contributed by atoms with E-state index in [2.05, 4.69) is 9.97 Å². The zero-order valence-electron chi connectivity index (χ0n) is 27.1. The lowest BCUT2D eigenvalue weighted by atomic mass is 9.90. The third-order valence-corrected chi connectivity index (χ3v) is 9.65. The van der Waals surface area contributed by atoms with Crippen LogP contribution in [0.5, 0.6) is 0 Å². The number of anilines is 1. The first-order chi connectivity index (χ1) is 22.3. The van der Waals surface area contributed by atoms with Crippen molar-refractivity contribution in [1.82, 2.24) is 18.8 Å². The molecule has 1 fully saturated rings. The van der Waals surface area contributed by atoms with E-state index in [1.54, 1.807) is 32.9 Å². The summed E-state index contributed by atoms with van der Waals surface area (Å²) in [6.07, 6.45) is 1.92.